The Bertz CT molecular complexity index is 523. The van der Waals surface area contributed by atoms with Gasteiger partial charge in [-0.05, 0) is 31.0 Å². The summed E-state index contributed by atoms with van der Waals surface area (Å²) in [6.45, 7) is 4.30. The molecule has 0 spiro atoms. The fraction of sp³-hybridized carbons (Fsp3) is 0.562. The molecule has 1 aliphatic heterocycles. The molecule has 0 radical (unpaired) electrons. The van der Waals surface area contributed by atoms with Gasteiger partial charge in [0.15, 0.2) is 0 Å². The van der Waals surface area contributed by atoms with Gasteiger partial charge < -0.3 is 9.64 Å². The zero-order valence-electron chi connectivity index (χ0n) is 12.3. The van der Waals surface area contributed by atoms with E-state index >= 15 is 0 Å². The topological polar surface area (TPSA) is 32.8 Å². The van der Waals surface area contributed by atoms with E-state index in [-0.39, 0.29) is 0 Å². The first-order valence-corrected chi connectivity index (χ1v) is 7.88. The molecular weight excluding hydrogens is 288 g/mol. The van der Waals surface area contributed by atoms with Gasteiger partial charge in [-0.1, -0.05) is 11.6 Å². The first kappa shape index (κ1) is 14.7. The number of carbonyl (C=O) groups is 1. The molecule has 2 aliphatic rings. The summed E-state index contributed by atoms with van der Waals surface area (Å²) in [5, 5.41) is 0.730. The minimum atomic E-state index is 0.324. The van der Waals surface area contributed by atoms with Crippen molar-refractivity contribution in [3.8, 4) is 5.75 Å². The van der Waals surface area contributed by atoms with Gasteiger partial charge in [0.1, 0.15) is 5.75 Å². The fourth-order valence-corrected chi connectivity index (χ4v) is 3.02. The first-order valence-electron chi connectivity index (χ1n) is 7.51. The van der Waals surface area contributed by atoms with Crippen LogP contribution in [0.15, 0.2) is 18.2 Å². The molecule has 0 bridgehead atoms. The van der Waals surface area contributed by atoms with Gasteiger partial charge in [-0.15, -0.1) is 0 Å². The van der Waals surface area contributed by atoms with E-state index in [1.165, 1.54) is 0 Å². The smallest absolute Gasteiger partial charge is 0.225 e. The van der Waals surface area contributed by atoms with Crippen LogP contribution in [0.4, 0.5) is 0 Å². The Balaban J connectivity index is 1.57. The third-order valence-electron chi connectivity index (χ3n) is 4.25. The van der Waals surface area contributed by atoms with E-state index < -0.39 is 0 Å². The van der Waals surface area contributed by atoms with Crippen LogP contribution < -0.4 is 4.74 Å². The average molecular weight is 309 g/mol. The number of ether oxygens (including phenoxy) is 1. The zero-order chi connectivity index (χ0) is 14.8. The van der Waals surface area contributed by atoms with E-state index in [1.807, 2.05) is 23.1 Å². The van der Waals surface area contributed by atoms with Crippen LogP contribution in [0.25, 0.3) is 0 Å². The number of methoxy groups -OCH3 is 1. The van der Waals surface area contributed by atoms with E-state index in [1.54, 1.807) is 7.11 Å². The van der Waals surface area contributed by atoms with Gasteiger partial charge in [-0.25, -0.2) is 0 Å². The Morgan fingerprint density at radius 2 is 2.00 bits per heavy atom. The second kappa shape index (κ2) is 6.24. The van der Waals surface area contributed by atoms with E-state index in [2.05, 4.69) is 4.90 Å². The van der Waals surface area contributed by atoms with Crippen LogP contribution in [-0.4, -0.2) is 49.0 Å². The highest BCUT2D eigenvalue weighted by Gasteiger charge is 2.34. The van der Waals surface area contributed by atoms with Crippen molar-refractivity contribution in [2.24, 2.45) is 5.92 Å². The molecule has 0 aromatic heterocycles. The van der Waals surface area contributed by atoms with Crippen molar-refractivity contribution in [2.75, 3.05) is 33.3 Å². The van der Waals surface area contributed by atoms with Crippen LogP contribution >= 0.6 is 11.6 Å². The number of rotatable bonds is 4. The number of amides is 1. The number of hydrogen-bond acceptors (Lipinski definition) is 3. The Hall–Kier alpha value is -1.26. The maximum absolute atomic E-state index is 12.0. The van der Waals surface area contributed by atoms with Gasteiger partial charge in [0.2, 0.25) is 5.91 Å². The van der Waals surface area contributed by atoms with Crippen molar-refractivity contribution >= 4 is 17.5 Å². The lowest BCUT2D eigenvalue weighted by Crippen LogP contribution is -2.48. The summed E-state index contributed by atoms with van der Waals surface area (Å²) in [4.78, 5) is 16.4. The molecule has 1 saturated carbocycles. The first-order chi connectivity index (χ1) is 10.2. The maximum Gasteiger partial charge on any atom is 0.225 e. The molecule has 3 rings (SSSR count). The Morgan fingerprint density at radius 1 is 1.29 bits per heavy atom. The number of benzene rings is 1. The SMILES string of the molecule is COc1ccc(Cl)cc1CN1CCN(C(=O)C2CC2)CC1. The van der Waals surface area contributed by atoms with E-state index in [0.717, 1.165) is 61.9 Å². The van der Waals surface area contributed by atoms with E-state index in [4.69, 9.17) is 16.3 Å². The van der Waals surface area contributed by atoms with Crippen molar-refractivity contribution in [1.82, 2.24) is 9.80 Å². The fourth-order valence-electron chi connectivity index (χ4n) is 2.83. The third-order valence-corrected chi connectivity index (χ3v) is 4.48. The quantitative estimate of drug-likeness (QED) is 0.856. The standard InChI is InChI=1S/C16H21ClN2O2/c1-21-15-5-4-14(17)10-13(15)11-18-6-8-19(9-7-18)16(20)12-2-3-12/h4-5,10,12H,2-3,6-9,11H2,1H3. The number of hydrogen-bond donors (Lipinski definition) is 0. The Morgan fingerprint density at radius 3 is 2.62 bits per heavy atom. The van der Waals surface area contributed by atoms with Gasteiger partial charge in [0, 0.05) is 49.2 Å². The van der Waals surface area contributed by atoms with E-state index in [0.29, 0.717) is 11.8 Å². The summed E-state index contributed by atoms with van der Waals surface area (Å²) in [6.07, 6.45) is 2.16. The number of piperazine rings is 1. The molecule has 0 N–H and O–H groups in total. The van der Waals surface area contributed by atoms with Crippen LogP contribution in [-0.2, 0) is 11.3 Å². The molecule has 21 heavy (non-hydrogen) atoms. The molecule has 2 fully saturated rings. The summed E-state index contributed by atoms with van der Waals surface area (Å²) < 4.78 is 5.39. The highest BCUT2D eigenvalue weighted by Crippen LogP contribution is 2.31. The molecule has 1 amide bonds. The van der Waals surface area contributed by atoms with Gasteiger partial charge >= 0.3 is 0 Å². The number of halogens is 1. The summed E-state index contributed by atoms with van der Waals surface area (Å²) >= 11 is 6.07. The van der Waals surface area contributed by atoms with Gasteiger partial charge in [0.25, 0.3) is 0 Å². The molecule has 1 saturated heterocycles. The molecule has 1 aromatic carbocycles. The molecule has 1 heterocycles. The Labute approximate surface area is 130 Å². The van der Waals surface area contributed by atoms with Crippen LogP contribution in [0.3, 0.4) is 0 Å². The highest BCUT2D eigenvalue weighted by atomic mass is 35.5. The molecule has 4 nitrogen and oxygen atoms in total. The largest absolute Gasteiger partial charge is 0.496 e. The summed E-state index contributed by atoms with van der Waals surface area (Å²) in [6, 6.07) is 5.71. The second-order valence-corrected chi connectivity index (χ2v) is 6.27. The van der Waals surface area contributed by atoms with Gasteiger partial charge in [-0.3, -0.25) is 9.69 Å². The number of nitrogens with zero attached hydrogens (tertiary/aromatic N) is 2. The lowest BCUT2D eigenvalue weighted by Gasteiger charge is -2.35. The van der Waals surface area contributed by atoms with Crippen molar-refractivity contribution in [3.63, 3.8) is 0 Å². The average Bonchev–Trinajstić information content (AvgIpc) is 3.32. The van der Waals surface area contributed by atoms with Crippen molar-refractivity contribution in [1.29, 1.82) is 0 Å². The van der Waals surface area contributed by atoms with Crippen LogP contribution in [0.2, 0.25) is 5.02 Å². The molecule has 114 valence electrons. The van der Waals surface area contributed by atoms with E-state index in [9.17, 15) is 4.79 Å². The summed E-state index contributed by atoms with van der Waals surface area (Å²) in [5.74, 6) is 1.55. The summed E-state index contributed by atoms with van der Waals surface area (Å²) in [7, 11) is 1.68. The predicted octanol–water partition coefficient (Wildman–Crippen LogP) is 2.40. The lowest BCUT2D eigenvalue weighted by molar-refractivity contribution is -0.134. The minimum Gasteiger partial charge on any atom is -0.496 e. The third kappa shape index (κ3) is 3.50. The summed E-state index contributed by atoms with van der Waals surface area (Å²) in [5.41, 5.74) is 1.10. The maximum atomic E-state index is 12.0. The molecule has 5 heteroatoms. The molecule has 0 unspecified atom stereocenters. The van der Waals surface area contributed by atoms with Crippen molar-refractivity contribution in [2.45, 2.75) is 19.4 Å². The molecular formula is C16H21ClN2O2. The van der Waals surface area contributed by atoms with Gasteiger partial charge in [-0.2, -0.15) is 0 Å². The Kier molecular flexibility index (Phi) is 4.36. The zero-order valence-corrected chi connectivity index (χ0v) is 13.1. The second-order valence-electron chi connectivity index (χ2n) is 5.83. The van der Waals surface area contributed by atoms with Crippen molar-refractivity contribution in [3.05, 3.63) is 28.8 Å². The van der Waals surface area contributed by atoms with Gasteiger partial charge in [0.05, 0.1) is 7.11 Å². The molecule has 0 atom stereocenters. The molecule has 1 aliphatic carbocycles. The molecule has 1 aromatic rings. The lowest BCUT2D eigenvalue weighted by atomic mass is 10.1. The van der Waals surface area contributed by atoms with Crippen molar-refractivity contribution < 1.29 is 9.53 Å². The van der Waals surface area contributed by atoms with Crippen LogP contribution in [0.1, 0.15) is 18.4 Å². The van der Waals surface area contributed by atoms with Crippen LogP contribution in [0.5, 0.6) is 5.75 Å². The minimum absolute atomic E-state index is 0.324. The number of carbonyl (C=O) groups excluding carboxylic acids is 1. The highest BCUT2D eigenvalue weighted by molar-refractivity contribution is 6.30. The predicted molar refractivity (Wildman–Crippen MR) is 82.6 cm³/mol. The monoisotopic (exact) mass is 308 g/mol. The normalized spacial score (nSPS) is 19.6. The van der Waals surface area contributed by atoms with Crippen LogP contribution in [0, 0.1) is 5.92 Å².